The molecule has 0 saturated carbocycles. The average Bonchev–Trinajstić information content (AvgIpc) is 2.91. The Morgan fingerprint density at radius 2 is 1.34 bits per heavy atom. The summed E-state index contributed by atoms with van der Waals surface area (Å²) in [5, 5.41) is 8.21. The molecule has 0 atom stereocenters. The van der Waals surface area contributed by atoms with Crippen molar-refractivity contribution in [1.82, 2.24) is 10.2 Å². The number of aliphatic imine (C=N–C) groups is 1. The van der Waals surface area contributed by atoms with Crippen molar-refractivity contribution < 1.29 is 33.4 Å². The maximum absolute atomic E-state index is 13.2. The Bertz CT molecular complexity index is 1540. The van der Waals surface area contributed by atoms with Crippen LogP contribution in [0.25, 0.3) is 5.57 Å². The topological polar surface area (TPSA) is 148 Å². The molecule has 12 nitrogen and oxygen atoms in total. The normalized spacial score (nSPS) is 14.0. The van der Waals surface area contributed by atoms with Crippen LogP contribution in [-0.2, 0) is 14.2 Å². The number of carbonyl (C=O) groups is 4. The number of ether oxygens (including phenoxy) is 3. The van der Waals surface area contributed by atoms with Crippen molar-refractivity contribution in [3.8, 4) is 0 Å². The lowest BCUT2D eigenvalue weighted by Gasteiger charge is -2.29. The zero-order valence-electron chi connectivity index (χ0n) is 29.0. The van der Waals surface area contributed by atoms with Crippen LogP contribution in [0.4, 0.5) is 25.8 Å². The summed E-state index contributed by atoms with van der Waals surface area (Å²) in [5.74, 6) is -0.464. The molecule has 0 spiro atoms. The third kappa shape index (κ3) is 12.4. The lowest BCUT2D eigenvalue weighted by Crippen LogP contribution is -2.40. The summed E-state index contributed by atoms with van der Waals surface area (Å²) in [6.45, 7) is 18.7. The summed E-state index contributed by atoms with van der Waals surface area (Å²) in [6.07, 6.45) is 0.669. The van der Waals surface area contributed by atoms with Crippen molar-refractivity contribution in [2.45, 2.75) is 92.5 Å². The van der Waals surface area contributed by atoms with Gasteiger partial charge in [0.15, 0.2) is 0 Å². The SMILES string of the molecule is Cc1cc(C2=CCN(C(=O)OC(C)(C)C)CC2)ccc1C(=O)Nc1ccc(N/C(=N/C(=O)OC(C)(C)C)NC(=O)OC(C)(C)C)cc1. The summed E-state index contributed by atoms with van der Waals surface area (Å²) in [4.78, 5) is 55.8. The van der Waals surface area contributed by atoms with Crippen molar-refractivity contribution >= 4 is 47.1 Å². The quantitative estimate of drug-likeness (QED) is 0.175. The molecule has 2 aromatic carbocycles. The minimum atomic E-state index is -0.899. The van der Waals surface area contributed by atoms with Crippen LogP contribution in [0.2, 0.25) is 0 Å². The number of carbonyl (C=O) groups excluding carboxylic acids is 4. The fourth-order valence-electron chi connectivity index (χ4n) is 4.38. The summed E-state index contributed by atoms with van der Waals surface area (Å²) in [5.41, 5.74) is 2.36. The van der Waals surface area contributed by atoms with Crippen LogP contribution in [0.1, 0.15) is 90.2 Å². The molecule has 2 aromatic rings. The summed E-state index contributed by atoms with van der Waals surface area (Å²) < 4.78 is 16.0. The Morgan fingerprint density at radius 1 is 0.766 bits per heavy atom. The van der Waals surface area contributed by atoms with E-state index in [-0.39, 0.29) is 18.0 Å². The number of hydrogen-bond donors (Lipinski definition) is 3. The predicted molar refractivity (Wildman–Crippen MR) is 183 cm³/mol. The van der Waals surface area contributed by atoms with Gasteiger partial charge in [0.1, 0.15) is 16.8 Å². The molecule has 0 bridgehead atoms. The van der Waals surface area contributed by atoms with E-state index in [0.29, 0.717) is 36.4 Å². The second-order valence-electron chi connectivity index (χ2n) is 14.2. The maximum Gasteiger partial charge on any atom is 0.437 e. The molecule has 1 aliphatic heterocycles. The smallest absolute Gasteiger partial charge is 0.437 e. The number of benzene rings is 2. The largest absolute Gasteiger partial charge is 0.444 e. The van der Waals surface area contributed by atoms with E-state index in [1.807, 2.05) is 45.9 Å². The van der Waals surface area contributed by atoms with Crippen LogP contribution in [0.3, 0.4) is 0 Å². The standard InChI is InChI=1S/C35H47N5O7/c1-22-21-24(23-17-19-40(20-18-23)32(44)47-35(8,9)10)11-16-27(22)28(41)36-25-12-14-26(15-13-25)37-29(38-30(42)45-33(2,3)4)39-31(43)46-34(5,6)7/h11-17,21H,18-20H2,1-10H3,(H,36,41)(H2,37,38,39,42,43). The molecule has 3 rings (SSSR count). The van der Waals surface area contributed by atoms with Gasteiger partial charge in [0.25, 0.3) is 5.91 Å². The monoisotopic (exact) mass is 649 g/mol. The Labute approximate surface area is 276 Å². The van der Waals surface area contributed by atoms with E-state index in [9.17, 15) is 19.2 Å². The fraction of sp³-hybridized carbons (Fsp3) is 0.457. The van der Waals surface area contributed by atoms with E-state index in [4.69, 9.17) is 14.2 Å². The van der Waals surface area contributed by atoms with Crippen LogP contribution < -0.4 is 16.0 Å². The summed E-state index contributed by atoms with van der Waals surface area (Å²) >= 11 is 0. The Balaban J connectivity index is 1.66. The second-order valence-corrected chi connectivity index (χ2v) is 14.2. The maximum atomic E-state index is 13.2. The molecule has 0 saturated heterocycles. The molecule has 1 heterocycles. The highest BCUT2D eigenvalue weighted by molar-refractivity contribution is 6.07. The van der Waals surface area contributed by atoms with Crippen molar-refractivity contribution in [2.75, 3.05) is 23.7 Å². The van der Waals surface area contributed by atoms with Crippen LogP contribution in [0, 0.1) is 6.92 Å². The molecular weight excluding hydrogens is 602 g/mol. The van der Waals surface area contributed by atoms with E-state index in [1.165, 1.54) is 0 Å². The predicted octanol–water partition coefficient (Wildman–Crippen LogP) is 7.50. The second kappa shape index (κ2) is 14.7. The number of aryl methyl sites for hydroxylation is 1. The zero-order chi connectivity index (χ0) is 35.2. The van der Waals surface area contributed by atoms with Gasteiger partial charge in [-0.15, -0.1) is 4.99 Å². The van der Waals surface area contributed by atoms with Crippen molar-refractivity contribution in [3.05, 3.63) is 65.2 Å². The molecular formula is C35H47N5O7. The van der Waals surface area contributed by atoms with Gasteiger partial charge in [0.2, 0.25) is 5.96 Å². The molecule has 4 amide bonds. The van der Waals surface area contributed by atoms with Gasteiger partial charge in [-0.3, -0.25) is 10.1 Å². The molecule has 12 heteroatoms. The van der Waals surface area contributed by atoms with Gasteiger partial charge in [-0.25, -0.2) is 14.4 Å². The third-order valence-corrected chi connectivity index (χ3v) is 6.32. The summed E-state index contributed by atoms with van der Waals surface area (Å²) in [6, 6.07) is 12.3. The number of guanidine groups is 1. The number of amides is 4. The van der Waals surface area contributed by atoms with Gasteiger partial charge < -0.3 is 29.7 Å². The molecule has 254 valence electrons. The number of rotatable bonds is 4. The lowest BCUT2D eigenvalue weighted by atomic mass is 9.95. The molecule has 0 radical (unpaired) electrons. The number of nitrogens with zero attached hydrogens (tertiary/aromatic N) is 2. The Kier molecular flexibility index (Phi) is 11.4. The highest BCUT2D eigenvalue weighted by Crippen LogP contribution is 2.26. The first-order chi connectivity index (χ1) is 21.7. The van der Waals surface area contributed by atoms with E-state index in [0.717, 1.165) is 16.7 Å². The fourth-order valence-corrected chi connectivity index (χ4v) is 4.38. The Morgan fingerprint density at radius 3 is 1.85 bits per heavy atom. The van der Waals surface area contributed by atoms with Crippen LogP contribution in [-0.4, -0.2) is 64.9 Å². The molecule has 1 aliphatic rings. The zero-order valence-corrected chi connectivity index (χ0v) is 29.0. The third-order valence-electron chi connectivity index (χ3n) is 6.32. The minimum absolute atomic E-state index is 0.188. The molecule has 47 heavy (non-hydrogen) atoms. The first-order valence-corrected chi connectivity index (χ1v) is 15.5. The molecule has 0 unspecified atom stereocenters. The van der Waals surface area contributed by atoms with Crippen molar-refractivity contribution in [1.29, 1.82) is 0 Å². The van der Waals surface area contributed by atoms with Gasteiger partial charge in [0.05, 0.1) is 0 Å². The molecule has 3 N–H and O–H groups in total. The minimum Gasteiger partial charge on any atom is -0.444 e. The van der Waals surface area contributed by atoms with Crippen LogP contribution in [0.5, 0.6) is 0 Å². The van der Waals surface area contributed by atoms with Crippen molar-refractivity contribution in [2.24, 2.45) is 4.99 Å². The summed E-state index contributed by atoms with van der Waals surface area (Å²) in [7, 11) is 0. The van der Waals surface area contributed by atoms with Gasteiger partial charge in [-0.1, -0.05) is 18.2 Å². The number of alkyl carbamates (subject to hydrolysis) is 1. The van der Waals surface area contributed by atoms with E-state index < -0.39 is 29.0 Å². The Hall–Kier alpha value is -4.87. The van der Waals surface area contributed by atoms with Gasteiger partial charge in [-0.05, 0) is 123 Å². The van der Waals surface area contributed by atoms with Crippen molar-refractivity contribution in [3.63, 3.8) is 0 Å². The lowest BCUT2D eigenvalue weighted by molar-refractivity contribution is 0.0269. The number of nitrogens with one attached hydrogen (secondary N) is 3. The van der Waals surface area contributed by atoms with Gasteiger partial charge in [-0.2, -0.15) is 0 Å². The highest BCUT2D eigenvalue weighted by atomic mass is 16.6. The van der Waals surface area contributed by atoms with Gasteiger partial charge >= 0.3 is 18.3 Å². The van der Waals surface area contributed by atoms with E-state index >= 15 is 0 Å². The van der Waals surface area contributed by atoms with E-state index in [2.05, 4.69) is 20.9 Å². The number of anilines is 2. The van der Waals surface area contributed by atoms with Gasteiger partial charge in [0, 0.05) is 30.0 Å². The molecule has 0 aromatic heterocycles. The highest BCUT2D eigenvalue weighted by Gasteiger charge is 2.24. The van der Waals surface area contributed by atoms with Crippen LogP contribution in [0.15, 0.2) is 53.5 Å². The molecule has 0 aliphatic carbocycles. The van der Waals surface area contributed by atoms with Crippen LogP contribution >= 0.6 is 0 Å². The molecule has 0 fully saturated rings. The average molecular weight is 650 g/mol. The first-order valence-electron chi connectivity index (χ1n) is 15.5. The number of hydrogen-bond acceptors (Lipinski definition) is 7. The first kappa shape index (κ1) is 36.6. The van der Waals surface area contributed by atoms with E-state index in [1.54, 1.807) is 76.8 Å².